The molecule has 0 saturated carbocycles. The summed E-state index contributed by atoms with van der Waals surface area (Å²) in [4.78, 5) is 3.99. The molecule has 1 nitrogen and oxygen atoms in total. The van der Waals surface area contributed by atoms with Crippen molar-refractivity contribution in [1.82, 2.24) is 0 Å². The Labute approximate surface area is 86.2 Å². The van der Waals surface area contributed by atoms with Gasteiger partial charge in [-0.1, -0.05) is 43.7 Å². The third-order valence-electron chi connectivity index (χ3n) is 2.40. The molecule has 14 heavy (non-hydrogen) atoms. The van der Waals surface area contributed by atoms with Gasteiger partial charge in [0.2, 0.25) is 0 Å². The first-order chi connectivity index (χ1) is 6.65. The first kappa shape index (κ1) is 10.7. The lowest BCUT2D eigenvalue weighted by Gasteiger charge is -2.06. The number of allylic oxidation sites excluding steroid dienone is 1. The van der Waals surface area contributed by atoms with E-state index in [1.54, 1.807) is 0 Å². The van der Waals surface area contributed by atoms with E-state index in [2.05, 4.69) is 44.6 Å². The summed E-state index contributed by atoms with van der Waals surface area (Å²) in [6.07, 6.45) is 2.18. The van der Waals surface area contributed by atoms with Crippen LogP contribution >= 0.6 is 0 Å². The van der Waals surface area contributed by atoms with E-state index in [0.29, 0.717) is 5.92 Å². The van der Waals surface area contributed by atoms with Crippen molar-refractivity contribution >= 4 is 18.5 Å². The maximum absolute atomic E-state index is 3.99. The number of nitrogens with zero attached hydrogens (tertiary/aromatic N) is 1. The summed E-state index contributed by atoms with van der Waals surface area (Å²) in [6, 6.07) is 8.04. The van der Waals surface area contributed by atoms with E-state index < -0.39 is 0 Å². The minimum absolute atomic E-state index is 0.577. The van der Waals surface area contributed by atoms with Gasteiger partial charge in [-0.2, -0.15) is 0 Å². The van der Waals surface area contributed by atoms with Crippen LogP contribution in [0.2, 0.25) is 0 Å². The monoisotopic (exact) mass is 187 g/mol. The molecule has 1 aromatic rings. The van der Waals surface area contributed by atoms with Gasteiger partial charge in [-0.15, -0.1) is 0 Å². The molecule has 0 fully saturated rings. The molecule has 0 unspecified atom stereocenters. The van der Waals surface area contributed by atoms with Crippen molar-refractivity contribution in [2.45, 2.75) is 20.8 Å². The molecule has 0 aromatic heterocycles. The molecule has 1 heteroatoms. The molecule has 0 amide bonds. The summed E-state index contributed by atoms with van der Waals surface area (Å²) < 4.78 is 0. The van der Waals surface area contributed by atoms with E-state index in [9.17, 15) is 0 Å². The van der Waals surface area contributed by atoms with E-state index in [1.165, 1.54) is 5.57 Å². The van der Waals surface area contributed by atoms with Crippen LogP contribution in [0.3, 0.4) is 0 Å². The van der Waals surface area contributed by atoms with E-state index in [1.807, 2.05) is 18.2 Å². The van der Waals surface area contributed by atoms with Gasteiger partial charge in [0.15, 0.2) is 0 Å². The van der Waals surface area contributed by atoms with Gasteiger partial charge in [-0.05, 0) is 25.6 Å². The average Bonchev–Trinajstić information content (AvgIpc) is 2.18. The fourth-order valence-corrected chi connectivity index (χ4v) is 1.17. The highest BCUT2D eigenvalue weighted by molar-refractivity contribution is 5.67. The molecule has 0 aliphatic heterocycles. The molecule has 0 radical (unpaired) electrons. The molecule has 0 bridgehead atoms. The second-order valence-electron chi connectivity index (χ2n) is 3.76. The Bertz CT molecular complexity index is 348. The Morgan fingerprint density at radius 3 is 2.57 bits per heavy atom. The first-order valence-corrected chi connectivity index (χ1v) is 4.89. The van der Waals surface area contributed by atoms with E-state index in [0.717, 1.165) is 11.3 Å². The highest BCUT2D eigenvalue weighted by Crippen LogP contribution is 2.22. The van der Waals surface area contributed by atoms with Crippen LogP contribution in [0.1, 0.15) is 26.3 Å². The minimum Gasteiger partial charge on any atom is -0.264 e. The molecule has 74 valence electrons. The van der Waals surface area contributed by atoms with Crippen LogP contribution < -0.4 is 0 Å². The zero-order valence-electron chi connectivity index (χ0n) is 9.12. The van der Waals surface area contributed by atoms with Crippen molar-refractivity contribution < 1.29 is 0 Å². The van der Waals surface area contributed by atoms with Gasteiger partial charge in [0.25, 0.3) is 0 Å². The van der Waals surface area contributed by atoms with E-state index in [-0.39, 0.29) is 0 Å². The lowest BCUT2D eigenvalue weighted by Crippen LogP contribution is -1.88. The van der Waals surface area contributed by atoms with Crippen LogP contribution in [0.15, 0.2) is 34.8 Å². The topological polar surface area (TPSA) is 12.4 Å². The van der Waals surface area contributed by atoms with Crippen molar-refractivity contribution in [1.29, 1.82) is 0 Å². The Hall–Kier alpha value is -1.37. The molecular formula is C13H17N. The molecule has 1 rings (SSSR count). The number of aliphatic imine (C=N–C) groups is 1. The summed E-state index contributed by atoms with van der Waals surface area (Å²) in [7, 11) is 0. The molecule has 0 saturated heterocycles. The Kier molecular flexibility index (Phi) is 3.63. The molecule has 0 spiro atoms. The van der Waals surface area contributed by atoms with Crippen LogP contribution in [0.5, 0.6) is 0 Å². The zero-order chi connectivity index (χ0) is 10.6. The Morgan fingerprint density at radius 1 is 1.36 bits per heavy atom. The molecule has 1 aromatic carbocycles. The summed E-state index contributed by atoms with van der Waals surface area (Å²) in [6.45, 7) is 10.1. The van der Waals surface area contributed by atoms with Gasteiger partial charge in [0.05, 0.1) is 5.69 Å². The smallest absolute Gasteiger partial charge is 0.0694 e. The van der Waals surface area contributed by atoms with Crippen LogP contribution in [0.25, 0.3) is 6.08 Å². The predicted molar refractivity (Wildman–Crippen MR) is 64.1 cm³/mol. The lowest BCUT2D eigenvalue weighted by atomic mass is 10.0. The van der Waals surface area contributed by atoms with Crippen LogP contribution in [-0.4, -0.2) is 6.72 Å². The first-order valence-electron chi connectivity index (χ1n) is 4.89. The lowest BCUT2D eigenvalue weighted by molar-refractivity contribution is 0.776. The maximum atomic E-state index is 3.99. The molecular weight excluding hydrogens is 170 g/mol. The van der Waals surface area contributed by atoms with E-state index in [4.69, 9.17) is 0 Å². The molecule has 0 aliphatic rings. The van der Waals surface area contributed by atoms with E-state index >= 15 is 0 Å². The van der Waals surface area contributed by atoms with Crippen molar-refractivity contribution in [3.05, 3.63) is 35.4 Å². The van der Waals surface area contributed by atoms with Gasteiger partial charge in [0, 0.05) is 5.56 Å². The summed E-state index contributed by atoms with van der Waals surface area (Å²) >= 11 is 0. The molecule has 0 N–H and O–H groups in total. The quantitative estimate of drug-likeness (QED) is 0.632. The van der Waals surface area contributed by atoms with Crippen molar-refractivity contribution in [3.63, 3.8) is 0 Å². The highest BCUT2D eigenvalue weighted by atomic mass is 14.7. The number of benzene rings is 1. The molecule has 0 atom stereocenters. The highest BCUT2D eigenvalue weighted by Gasteiger charge is 1.99. The standard InChI is InChI=1S/C13H17N/c1-10(2)11(3)9-12-7-5-6-8-13(12)14-4/h5-10H,4H2,1-3H3/b11-9+. The van der Waals surface area contributed by atoms with Crippen LogP contribution in [0.4, 0.5) is 5.69 Å². The van der Waals surface area contributed by atoms with Gasteiger partial charge < -0.3 is 0 Å². The third-order valence-corrected chi connectivity index (χ3v) is 2.40. The number of rotatable bonds is 3. The van der Waals surface area contributed by atoms with Gasteiger partial charge >= 0.3 is 0 Å². The summed E-state index contributed by atoms with van der Waals surface area (Å²) in [5.74, 6) is 0.577. The number of hydrogen-bond donors (Lipinski definition) is 0. The van der Waals surface area contributed by atoms with Crippen molar-refractivity contribution in [3.8, 4) is 0 Å². The van der Waals surface area contributed by atoms with Gasteiger partial charge in [-0.25, -0.2) is 0 Å². The number of hydrogen-bond acceptors (Lipinski definition) is 1. The minimum atomic E-state index is 0.577. The Morgan fingerprint density at radius 2 is 2.00 bits per heavy atom. The van der Waals surface area contributed by atoms with Gasteiger partial charge in [0.1, 0.15) is 0 Å². The average molecular weight is 187 g/mol. The Balaban J connectivity index is 3.07. The predicted octanol–water partition coefficient (Wildman–Crippen LogP) is 4.08. The maximum Gasteiger partial charge on any atom is 0.0694 e. The zero-order valence-corrected chi connectivity index (χ0v) is 9.12. The van der Waals surface area contributed by atoms with Crippen molar-refractivity contribution in [2.24, 2.45) is 10.9 Å². The fraction of sp³-hybridized carbons (Fsp3) is 0.308. The second-order valence-corrected chi connectivity index (χ2v) is 3.76. The summed E-state index contributed by atoms with van der Waals surface area (Å²) in [5.41, 5.74) is 3.46. The number of para-hydroxylation sites is 1. The SMILES string of the molecule is C=Nc1ccccc1/C=C(\C)C(C)C. The van der Waals surface area contributed by atoms with Crippen LogP contribution in [0, 0.1) is 5.92 Å². The van der Waals surface area contributed by atoms with Crippen LogP contribution in [-0.2, 0) is 0 Å². The normalized spacial score (nSPS) is 11.9. The molecule has 0 aliphatic carbocycles. The second kappa shape index (κ2) is 4.75. The third kappa shape index (κ3) is 2.56. The largest absolute Gasteiger partial charge is 0.264 e. The van der Waals surface area contributed by atoms with Crippen molar-refractivity contribution in [2.75, 3.05) is 0 Å². The fourth-order valence-electron chi connectivity index (χ4n) is 1.17. The van der Waals surface area contributed by atoms with Gasteiger partial charge in [-0.3, -0.25) is 4.99 Å². The summed E-state index contributed by atoms with van der Waals surface area (Å²) in [5, 5.41) is 0. The molecule has 0 heterocycles.